The Hall–Kier alpha value is -2.61. The van der Waals surface area contributed by atoms with Gasteiger partial charge in [-0.3, -0.25) is 0 Å². The summed E-state index contributed by atoms with van der Waals surface area (Å²) in [6.45, 7) is 6.29. The molecule has 150 valence electrons. The van der Waals surface area contributed by atoms with Gasteiger partial charge in [-0.2, -0.15) is 0 Å². The summed E-state index contributed by atoms with van der Waals surface area (Å²) in [6, 6.07) is 10.9. The number of hydrogen-bond donors (Lipinski definition) is 1. The van der Waals surface area contributed by atoms with E-state index in [0.717, 1.165) is 0 Å². The minimum atomic E-state index is -1.56. The van der Waals surface area contributed by atoms with E-state index in [1.54, 1.807) is 29.2 Å². The predicted octanol–water partition coefficient (Wildman–Crippen LogP) is 3.57. The van der Waals surface area contributed by atoms with Gasteiger partial charge in [0, 0.05) is 9.79 Å². The van der Waals surface area contributed by atoms with Gasteiger partial charge in [0.1, 0.15) is 23.3 Å². The molecule has 2 N–H and O–H groups in total. The van der Waals surface area contributed by atoms with Gasteiger partial charge in [-0.05, 0) is 57.2 Å². The van der Waals surface area contributed by atoms with E-state index in [0.29, 0.717) is 28.6 Å². The van der Waals surface area contributed by atoms with Crippen LogP contribution in [0.5, 0.6) is 5.75 Å². The van der Waals surface area contributed by atoms with Crippen molar-refractivity contribution in [3.05, 3.63) is 48.3 Å². The van der Waals surface area contributed by atoms with Gasteiger partial charge >= 0.3 is 6.09 Å². The van der Waals surface area contributed by atoms with Crippen LogP contribution in [-0.4, -0.2) is 40.0 Å². The molecule has 0 radical (unpaired) electrons. The average molecular weight is 406 g/mol. The van der Waals surface area contributed by atoms with Gasteiger partial charge in [0.2, 0.25) is 0 Å². The van der Waals surface area contributed by atoms with Crippen LogP contribution in [0.3, 0.4) is 0 Å². The number of ether oxygens (including phenoxy) is 2. The van der Waals surface area contributed by atoms with Gasteiger partial charge in [-0.1, -0.05) is 6.07 Å². The standard InChI is InChI=1S/C20H23FN2O4S/c1-20(2,3)27-19(24)23-11-14(12-23)26-13-5-4-6-15(9-13)28(25)16-7-8-18(22)17(21)10-16/h4-10,14H,11-12,22H2,1-3H3. The van der Waals surface area contributed by atoms with Crippen LogP contribution in [0.2, 0.25) is 0 Å². The Morgan fingerprint density at radius 2 is 1.86 bits per heavy atom. The number of nitrogens with zero attached hydrogens (tertiary/aromatic N) is 1. The van der Waals surface area contributed by atoms with Crippen LogP contribution < -0.4 is 10.5 Å². The van der Waals surface area contributed by atoms with Crippen molar-refractivity contribution >= 4 is 22.6 Å². The molecule has 0 bridgehead atoms. The summed E-state index contributed by atoms with van der Waals surface area (Å²) in [5.41, 5.74) is 4.94. The molecule has 6 nitrogen and oxygen atoms in total. The van der Waals surface area contributed by atoms with Crippen molar-refractivity contribution in [2.45, 2.75) is 42.3 Å². The van der Waals surface area contributed by atoms with Crippen molar-refractivity contribution in [1.29, 1.82) is 0 Å². The molecule has 0 spiro atoms. The second-order valence-corrected chi connectivity index (χ2v) is 9.03. The number of benzene rings is 2. The third-order valence-corrected chi connectivity index (χ3v) is 5.37. The summed E-state index contributed by atoms with van der Waals surface area (Å²) in [5, 5.41) is 0. The van der Waals surface area contributed by atoms with Crippen molar-refractivity contribution in [2.24, 2.45) is 0 Å². The number of anilines is 1. The van der Waals surface area contributed by atoms with E-state index in [1.807, 2.05) is 20.8 Å². The molecule has 1 saturated heterocycles. The van der Waals surface area contributed by atoms with Crippen molar-refractivity contribution in [1.82, 2.24) is 4.90 Å². The van der Waals surface area contributed by atoms with Crippen molar-refractivity contribution in [2.75, 3.05) is 18.8 Å². The molecule has 0 aromatic heterocycles. The van der Waals surface area contributed by atoms with E-state index >= 15 is 0 Å². The number of carbonyl (C=O) groups is 1. The number of hydrogen-bond acceptors (Lipinski definition) is 5. The van der Waals surface area contributed by atoms with Crippen LogP contribution in [0.15, 0.2) is 52.3 Å². The molecule has 3 rings (SSSR count). The topological polar surface area (TPSA) is 81.9 Å². The zero-order valence-corrected chi connectivity index (χ0v) is 16.8. The first kappa shape index (κ1) is 20.1. The molecule has 28 heavy (non-hydrogen) atoms. The Balaban J connectivity index is 1.61. The number of halogens is 1. The Morgan fingerprint density at radius 3 is 2.50 bits per heavy atom. The van der Waals surface area contributed by atoms with Gasteiger partial charge in [0.05, 0.1) is 29.6 Å². The van der Waals surface area contributed by atoms with Crippen molar-refractivity contribution < 1.29 is 22.9 Å². The SMILES string of the molecule is CC(C)(C)OC(=O)N1CC(Oc2cccc(S(=O)c3ccc(N)c(F)c3)c2)C1. The molecule has 1 fully saturated rings. The second-order valence-electron chi connectivity index (χ2n) is 7.55. The van der Waals surface area contributed by atoms with Crippen LogP contribution >= 0.6 is 0 Å². The molecule has 0 aliphatic carbocycles. The van der Waals surface area contributed by atoms with Crippen LogP contribution in [0.1, 0.15) is 20.8 Å². The molecular weight excluding hydrogens is 383 g/mol. The quantitative estimate of drug-likeness (QED) is 0.785. The summed E-state index contributed by atoms with van der Waals surface area (Å²) in [7, 11) is -1.56. The first-order chi connectivity index (χ1) is 13.1. The first-order valence-electron chi connectivity index (χ1n) is 8.84. The lowest BCUT2D eigenvalue weighted by molar-refractivity contribution is -0.0221. The lowest BCUT2D eigenvalue weighted by Crippen LogP contribution is -2.57. The molecule has 2 aromatic rings. The van der Waals surface area contributed by atoms with E-state index in [9.17, 15) is 13.4 Å². The minimum absolute atomic E-state index is 0.0114. The summed E-state index contributed by atoms with van der Waals surface area (Å²) in [5.74, 6) is -0.0643. The number of amides is 1. The third-order valence-electron chi connectivity index (χ3n) is 4.01. The highest BCUT2D eigenvalue weighted by molar-refractivity contribution is 7.85. The van der Waals surface area contributed by atoms with Crippen LogP contribution in [0, 0.1) is 5.82 Å². The average Bonchev–Trinajstić information content (AvgIpc) is 2.58. The zero-order valence-electron chi connectivity index (χ0n) is 16.0. The highest BCUT2D eigenvalue weighted by Crippen LogP contribution is 2.25. The lowest BCUT2D eigenvalue weighted by atomic mass is 10.1. The number of rotatable bonds is 4. The lowest BCUT2D eigenvalue weighted by Gasteiger charge is -2.39. The fourth-order valence-corrected chi connectivity index (χ4v) is 3.70. The molecular formula is C20H23FN2O4S. The summed E-state index contributed by atoms with van der Waals surface area (Å²) in [4.78, 5) is 14.3. The maximum atomic E-state index is 13.6. The third kappa shape index (κ3) is 4.81. The molecule has 1 aliphatic rings. The minimum Gasteiger partial charge on any atom is -0.487 e. The summed E-state index contributed by atoms with van der Waals surface area (Å²) < 4.78 is 37.5. The molecule has 1 amide bonds. The first-order valence-corrected chi connectivity index (χ1v) is 9.99. The Morgan fingerprint density at radius 1 is 1.18 bits per heavy atom. The van der Waals surface area contributed by atoms with E-state index in [4.69, 9.17) is 15.2 Å². The number of carbonyl (C=O) groups excluding carboxylic acids is 1. The van der Waals surface area contributed by atoms with Gasteiger partial charge in [-0.25, -0.2) is 13.4 Å². The van der Waals surface area contributed by atoms with Crippen LogP contribution in [0.25, 0.3) is 0 Å². The fourth-order valence-electron chi connectivity index (χ4n) is 2.60. The van der Waals surface area contributed by atoms with E-state index in [-0.39, 0.29) is 17.9 Å². The zero-order chi connectivity index (χ0) is 20.5. The van der Waals surface area contributed by atoms with Gasteiger partial charge in [0.25, 0.3) is 0 Å². The molecule has 0 saturated carbocycles. The smallest absolute Gasteiger partial charge is 0.410 e. The highest BCUT2D eigenvalue weighted by atomic mass is 32.2. The Labute approximate surface area is 165 Å². The molecule has 1 atom stereocenters. The molecule has 2 aromatic carbocycles. The molecule has 1 heterocycles. The van der Waals surface area contributed by atoms with Crippen LogP contribution in [0.4, 0.5) is 14.9 Å². The normalized spacial score (nSPS) is 15.6. The summed E-state index contributed by atoms with van der Waals surface area (Å²) >= 11 is 0. The fraction of sp³-hybridized carbons (Fsp3) is 0.350. The van der Waals surface area contributed by atoms with Gasteiger partial charge in [-0.15, -0.1) is 0 Å². The maximum absolute atomic E-state index is 13.6. The Bertz CT molecular complexity index is 907. The predicted molar refractivity (Wildman–Crippen MR) is 104 cm³/mol. The van der Waals surface area contributed by atoms with E-state index < -0.39 is 22.2 Å². The number of nitrogen functional groups attached to an aromatic ring is 1. The van der Waals surface area contributed by atoms with Gasteiger partial charge in [0.15, 0.2) is 0 Å². The van der Waals surface area contributed by atoms with E-state index in [1.165, 1.54) is 18.2 Å². The highest BCUT2D eigenvalue weighted by Gasteiger charge is 2.35. The monoisotopic (exact) mass is 406 g/mol. The van der Waals surface area contributed by atoms with E-state index in [2.05, 4.69) is 0 Å². The van der Waals surface area contributed by atoms with Crippen molar-refractivity contribution in [3.63, 3.8) is 0 Å². The van der Waals surface area contributed by atoms with Crippen LogP contribution in [-0.2, 0) is 15.5 Å². The molecule has 1 aliphatic heterocycles. The molecule has 1 unspecified atom stereocenters. The van der Waals surface area contributed by atoms with Crippen molar-refractivity contribution in [3.8, 4) is 5.75 Å². The molecule has 8 heteroatoms. The number of likely N-dealkylation sites (tertiary alicyclic amines) is 1. The largest absolute Gasteiger partial charge is 0.487 e. The second kappa shape index (κ2) is 7.79. The number of nitrogens with two attached hydrogens (primary N) is 1. The summed E-state index contributed by atoms with van der Waals surface area (Å²) in [6.07, 6.45) is -0.530. The maximum Gasteiger partial charge on any atom is 0.410 e. The van der Waals surface area contributed by atoms with Gasteiger partial charge < -0.3 is 20.1 Å². The Kier molecular flexibility index (Phi) is 5.60.